The van der Waals surface area contributed by atoms with Crippen LogP contribution in [0.4, 0.5) is 11.4 Å². The van der Waals surface area contributed by atoms with Gasteiger partial charge in [0.2, 0.25) is 5.89 Å². The van der Waals surface area contributed by atoms with Crippen molar-refractivity contribution >= 4 is 22.2 Å². The van der Waals surface area contributed by atoms with Crippen molar-refractivity contribution in [3.8, 4) is 0 Å². The molecule has 0 bridgehead atoms. The lowest BCUT2D eigenvalue weighted by Gasteiger charge is -2.34. The highest BCUT2D eigenvalue weighted by Crippen LogP contribution is 2.44. The second-order valence-electron chi connectivity index (χ2n) is 6.70. The highest BCUT2D eigenvalue weighted by molar-refractivity contribution is 7.85. The van der Waals surface area contributed by atoms with Crippen molar-refractivity contribution in [3.63, 3.8) is 0 Å². The minimum Gasteiger partial charge on any atom is -0.448 e. The first-order valence-electron chi connectivity index (χ1n) is 9.14. The van der Waals surface area contributed by atoms with E-state index in [-0.39, 0.29) is 0 Å². The minimum atomic E-state index is -1.14. The molecule has 0 saturated carbocycles. The zero-order valence-electron chi connectivity index (χ0n) is 15.6. The number of rotatable bonds is 6. The average Bonchev–Trinajstić information content (AvgIpc) is 3.20. The number of fused-ring (bicyclic) bond motifs is 2. The summed E-state index contributed by atoms with van der Waals surface area (Å²) >= 11 is 0. The number of anilines is 2. The van der Waals surface area contributed by atoms with Gasteiger partial charge in [0.1, 0.15) is 6.26 Å². The summed E-state index contributed by atoms with van der Waals surface area (Å²) in [6.07, 6.45) is 4.20. The van der Waals surface area contributed by atoms with Crippen LogP contribution >= 0.6 is 0 Å². The van der Waals surface area contributed by atoms with Crippen LogP contribution in [0.25, 0.3) is 0 Å². The molecule has 0 aliphatic carbocycles. The number of aromatic nitrogens is 1. The van der Waals surface area contributed by atoms with Crippen LogP contribution in [-0.2, 0) is 17.3 Å². The Morgan fingerprint density at radius 1 is 1.15 bits per heavy atom. The van der Waals surface area contributed by atoms with Crippen molar-refractivity contribution in [3.05, 3.63) is 65.9 Å². The van der Waals surface area contributed by atoms with Crippen LogP contribution in [-0.4, -0.2) is 22.3 Å². The quantitative estimate of drug-likeness (QED) is 0.652. The summed E-state index contributed by atoms with van der Waals surface area (Å²) in [6.45, 7) is 6.55. The number of oxazole rings is 1. The van der Waals surface area contributed by atoms with Crippen molar-refractivity contribution in [2.24, 2.45) is 0 Å². The molecule has 0 spiro atoms. The summed E-state index contributed by atoms with van der Waals surface area (Å²) in [5, 5.41) is 3.37. The molecule has 0 saturated heterocycles. The smallest absolute Gasteiger partial charge is 0.207 e. The summed E-state index contributed by atoms with van der Waals surface area (Å²) in [5.41, 5.74) is 4.56. The molecule has 1 aliphatic rings. The third kappa shape index (κ3) is 3.42. The van der Waals surface area contributed by atoms with Gasteiger partial charge in [0, 0.05) is 6.54 Å². The second kappa shape index (κ2) is 7.66. The lowest BCUT2D eigenvalue weighted by Crippen LogP contribution is -2.28. The highest BCUT2D eigenvalue weighted by atomic mass is 32.2. The van der Waals surface area contributed by atoms with Crippen LogP contribution in [0.5, 0.6) is 0 Å². The summed E-state index contributed by atoms with van der Waals surface area (Å²) in [4.78, 5) is 8.24. The SMILES string of the molecule is Cc1ccc2c(c1C)N(CCCNCc1ncco1)c1ccccc1S2=O. The zero-order chi connectivity index (χ0) is 18.8. The molecule has 2 heterocycles. The van der Waals surface area contributed by atoms with E-state index in [1.165, 1.54) is 11.1 Å². The van der Waals surface area contributed by atoms with Crippen LogP contribution in [0.2, 0.25) is 0 Å². The first-order chi connectivity index (χ1) is 13.2. The third-order valence-corrected chi connectivity index (χ3v) is 6.46. The standard InChI is InChI=1S/C21H23N3O2S/c1-15-8-9-19-21(16(15)2)24(17-6-3-4-7-18(17)27(19)25)12-5-10-22-14-20-23-11-13-26-20/h3-4,6-9,11,13,22H,5,10,12,14H2,1-2H3. The molecule has 1 N–H and O–H groups in total. The Balaban J connectivity index is 1.55. The van der Waals surface area contributed by atoms with Crippen LogP contribution in [0.15, 0.2) is 63.1 Å². The molecule has 0 radical (unpaired) electrons. The lowest BCUT2D eigenvalue weighted by atomic mass is 10.1. The molecule has 6 heteroatoms. The normalized spacial score (nSPS) is 15.5. The fraction of sp³-hybridized carbons (Fsp3) is 0.286. The van der Waals surface area contributed by atoms with E-state index < -0.39 is 10.8 Å². The Bertz CT molecular complexity index is 970. The number of para-hydroxylation sites is 1. The molecule has 27 heavy (non-hydrogen) atoms. The van der Waals surface area contributed by atoms with Crippen LogP contribution < -0.4 is 10.2 Å². The molecular formula is C21H23N3O2S. The van der Waals surface area contributed by atoms with Crippen LogP contribution in [0.3, 0.4) is 0 Å². The number of nitrogens with zero attached hydrogens (tertiary/aromatic N) is 2. The van der Waals surface area contributed by atoms with Gasteiger partial charge >= 0.3 is 0 Å². The van der Waals surface area contributed by atoms with Gasteiger partial charge in [-0.2, -0.15) is 0 Å². The average molecular weight is 382 g/mol. The fourth-order valence-corrected chi connectivity index (χ4v) is 4.90. The molecule has 140 valence electrons. The van der Waals surface area contributed by atoms with Crippen molar-refractivity contribution in [1.29, 1.82) is 0 Å². The summed E-state index contributed by atoms with van der Waals surface area (Å²) in [6, 6.07) is 12.1. The Labute approximate surface area is 161 Å². The molecule has 2 aromatic carbocycles. The van der Waals surface area contributed by atoms with E-state index in [1.54, 1.807) is 12.5 Å². The van der Waals surface area contributed by atoms with E-state index >= 15 is 0 Å². The minimum absolute atomic E-state index is 0.627. The highest BCUT2D eigenvalue weighted by Gasteiger charge is 2.29. The number of aryl methyl sites for hydroxylation is 1. The Hall–Kier alpha value is -2.44. The van der Waals surface area contributed by atoms with Crippen molar-refractivity contribution in [1.82, 2.24) is 10.3 Å². The van der Waals surface area contributed by atoms with Gasteiger partial charge in [-0.1, -0.05) is 18.2 Å². The molecule has 1 atom stereocenters. The van der Waals surface area contributed by atoms with Gasteiger partial charge in [0.15, 0.2) is 0 Å². The molecule has 5 nitrogen and oxygen atoms in total. The van der Waals surface area contributed by atoms with Crippen LogP contribution in [0, 0.1) is 13.8 Å². The first-order valence-corrected chi connectivity index (χ1v) is 10.3. The Kier molecular flexibility index (Phi) is 5.09. The van der Waals surface area contributed by atoms with E-state index in [2.05, 4.69) is 41.2 Å². The summed E-state index contributed by atoms with van der Waals surface area (Å²) in [7, 11) is -1.14. The third-order valence-electron chi connectivity index (χ3n) is 4.99. The van der Waals surface area contributed by atoms with E-state index in [9.17, 15) is 4.21 Å². The number of nitrogens with one attached hydrogen (secondary N) is 1. The molecule has 1 aromatic heterocycles. The molecule has 1 aliphatic heterocycles. The van der Waals surface area contributed by atoms with Gasteiger partial charge in [-0.25, -0.2) is 9.19 Å². The maximum Gasteiger partial charge on any atom is 0.207 e. The second-order valence-corrected chi connectivity index (χ2v) is 8.12. The van der Waals surface area contributed by atoms with Gasteiger partial charge in [-0.15, -0.1) is 0 Å². The van der Waals surface area contributed by atoms with E-state index in [0.29, 0.717) is 12.4 Å². The van der Waals surface area contributed by atoms with Crippen molar-refractivity contribution < 1.29 is 8.63 Å². The summed E-state index contributed by atoms with van der Waals surface area (Å²) in [5.74, 6) is 0.700. The maximum absolute atomic E-state index is 13.1. The fourth-order valence-electron chi connectivity index (χ4n) is 3.47. The zero-order valence-corrected chi connectivity index (χ0v) is 16.4. The first kappa shape index (κ1) is 17.9. The predicted molar refractivity (Wildman–Crippen MR) is 107 cm³/mol. The van der Waals surface area contributed by atoms with E-state index in [1.807, 2.05) is 24.3 Å². The molecule has 0 fully saturated rings. The maximum atomic E-state index is 13.1. The molecule has 0 amide bonds. The topological polar surface area (TPSA) is 58.4 Å². The monoisotopic (exact) mass is 381 g/mol. The van der Waals surface area contributed by atoms with Gasteiger partial charge in [-0.3, -0.25) is 0 Å². The Morgan fingerprint density at radius 2 is 2.00 bits per heavy atom. The molecular weight excluding hydrogens is 358 g/mol. The van der Waals surface area contributed by atoms with Crippen molar-refractivity contribution in [2.75, 3.05) is 18.0 Å². The van der Waals surface area contributed by atoms with E-state index in [0.717, 1.165) is 40.7 Å². The van der Waals surface area contributed by atoms with Gasteiger partial charge < -0.3 is 14.6 Å². The number of benzene rings is 2. The molecule has 3 aromatic rings. The lowest BCUT2D eigenvalue weighted by molar-refractivity contribution is 0.467. The number of hydrogen-bond donors (Lipinski definition) is 1. The van der Waals surface area contributed by atoms with Crippen LogP contribution in [0.1, 0.15) is 23.4 Å². The largest absolute Gasteiger partial charge is 0.448 e. The van der Waals surface area contributed by atoms with Gasteiger partial charge in [0.25, 0.3) is 0 Å². The Morgan fingerprint density at radius 3 is 2.81 bits per heavy atom. The van der Waals surface area contributed by atoms with E-state index in [4.69, 9.17) is 4.42 Å². The predicted octanol–water partition coefficient (Wildman–Crippen LogP) is 4.09. The summed E-state index contributed by atoms with van der Waals surface area (Å²) < 4.78 is 18.3. The van der Waals surface area contributed by atoms with Gasteiger partial charge in [-0.05, 0) is 56.1 Å². The van der Waals surface area contributed by atoms with Crippen molar-refractivity contribution in [2.45, 2.75) is 36.6 Å². The molecule has 4 rings (SSSR count). The number of hydrogen-bond acceptors (Lipinski definition) is 5. The van der Waals surface area contributed by atoms with Gasteiger partial charge in [0.05, 0.1) is 44.7 Å². The molecule has 1 unspecified atom stereocenters.